The van der Waals surface area contributed by atoms with Crippen molar-refractivity contribution < 1.29 is 4.74 Å². The predicted molar refractivity (Wildman–Crippen MR) is 74.4 cm³/mol. The second-order valence-electron chi connectivity index (χ2n) is 4.70. The summed E-state index contributed by atoms with van der Waals surface area (Å²) in [6, 6.07) is 3.36. The first-order chi connectivity index (χ1) is 7.79. The Morgan fingerprint density at radius 1 is 1.00 bits per heavy atom. The number of rotatable bonds is 7. The molecule has 1 fully saturated rings. The summed E-state index contributed by atoms with van der Waals surface area (Å²) >= 11 is 0. The van der Waals surface area contributed by atoms with Gasteiger partial charge in [-0.1, -0.05) is 18.2 Å². The van der Waals surface area contributed by atoms with Crippen LogP contribution in [0.5, 0.6) is 0 Å². The van der Waals surface area contributed by atoms with Crippen LogP contribution >= 0.6 is 0 Å². The highest BCUT2D eigenvalue weighted by atomic mass is 28.3. The second kappa shape index (κ2) is 6.87. The molecule has 0 radical (unpaired) electrons. The molecule has 1 aliphatic heterocycles. The van der Waals surface area contributed by atoms with Crippen LogP contribution in [0.2, 0.25) is 18.1 Å². The number of ether oxygens (including phenoxy) is 1. The lowest BCUT2D eigenvalue weighted by Gasteiger charge is -2.39. The van der Waals surface area contributed by atoms with E-state index in [9.17, 15) is 0 Å². The minimum atomic E-state index is -1.47. The predicted octanol–water partition coefficient (Wildman–Crippen LogP) is 4.10. The van der Waals surface area contributed by atoms with Crippen LogP contribution in [0.3, 0.4) is 0 Å². The maximum absolute atomic E-state index is 6.02. The monoisotopic (exact) mass is 236 g/mol. The smallest absolute Gasteiger partial charge is 0.0986 e. The van der Waals surface area contributed by atoms with Crippen LogP contribution in [-0.4, -0.2) is 20.4 Å². The van der Waals surface area contributed by atoms with Gasteiger partial charge in [0.25, 0.3) is 0 Å². The molecule has 0 aromatic carbocycles. The van der Waals surface area contributed by atoms with Crippen LogP contribution in [0.25, 0.3) is 0 Å². The van der Waals surface area contributed by atoms with Gasteiger partial charge in [0.2, 0.25) is 0 Å². The first kappa shape index (κ1) is 13.5. The van der Waals surface area contributed by atoms with Gasteiger partial charge >= 0.3 is 0 Å². The van der Waals surface area contributed by atoms with Crippen molar-refractivity contribution in [1.29, 1.82) is 0 Å². The molecule has 1 atom stereocenters. The number of allylic oxidation sites excluding steroid dienone is 3. The molecule has 0 amide bonds. The highest BCUT2D eigenvalue weighted by molar-refractivity contribution is 6.82. The fraction of sp³-hybridized carbons (Fsp3) is 0.571. The summed E-state index contributed by atoms with van der Waals surface area (Å²) in [6.45, 7) is 12.7. The lowest BCUT2D eigenvalue weighted by atomic mass is 10.2. The molecule has 0 aliphatic carbocycles. The molecule has 0 bridgehead atoms. The molecule has 1 aliphatic rings. The summed E-state index contributed by atoms with van der Waals surface area (Å²) in [4.78, 5) is 0. The van der Waals surface area contributed by atoms with Gasteiger partial charge in [0.05, 0.1) is 8.07 Å². The molecular formula is C14H24OSi. The molecule has 1 unspecified atom stereocenters. The molecule has 0 aromatic heterocycles. The maximum Gasteiger partial charge on any atom is 0.0986 e. The highest BCUT2D eigenvalue weighted by Crippen LogP contribution is 2.33. The van der Waals surface area contributed by atoms with Crippen molar-refractivity contribution in [1.82, 2.24) is 0 Å². The van der Waals surface area contributed by atoms with Gasteiger partial charge < -0.3 is 4.74 Å². The molecule has 0 spiro atoms. The van der Waals surface area contributed by atoms with Crippen LogP contribution in [-0.2, 0) is 4.74 Å². The minimum Gasteiger partial charge on any atom is -0.382 e. The highest BCUT2D eigenvalue weighted by Gasteiger charge is 2.39. The number of hydrogen-bond acceptors (Lipinski definition) is 1. The van der Waals surface area contributed by atoms with E-state index in [1.807, 2.05) is 0 Å². The molecule has 2 heteroatoms. The summed E-state index contributed by atoms with van der Waals surface area (Å²) in [6.07, 6.45) is 9.95. The van der Waals surface area contributed by atoms with E-state index in [1.165, 1.54) is 19.3 Å². The molecule has 0 saturated carbocycles. The molecule has 1 rings (SSSR count). The van der Waals surface area contributed by atoms with Gasteiger partial charge in [0, 0.05) is 12.3 Å². The third-order valence-corrected chi connectivity index (χ3v) is 8.64. The van der Waals surface area contributed by atoms with Gasteiger partial charge in [-0.05, 0) is 37.4 Å². The van der Waals surface area contributed by atoms with E-state index < -0.39 is 8.07 Å². The molecular weight excluding hydrogens is 212 g/mol. The summed E-state index contributed by atoms with van der Waals surface area (Å²) in [7, 11) is -1.47. The first-order valence-corrected chi connectivity index (χ1v) is 8.93. The van der Waals surface area contributed by atoms with Gasteiger partial charge in [-0.3, -0.25) is 0 Å². The Bertz CT molecular complexity index is 215. The van der Waals surface area contributed by atoms with Gasteiger partial charge in [-0.15, -0.1) is 19.7 Å². The van der Waals surface area contributed by atoms with Crippen LogP contribution in [0.1, 0.15) is 19.3 Å². The Morgan fingerprint density at radius 3 is 1.94 bits per heavy atom. The van der Waals surface area contributed by atoms with Crippen molar-refractivity contribution in [2.24, 2.45) is 0 Å². The van der Waals surface area contributed by atoms with E-state index in [1.54, 1.807) is 0 Å². The molecule has 1 saturated heterocycles. The van der Waals surface area contributed by atoms with Gasteiger partial charge in [0.1, 0.15) is 0 Å². The van der Waals surface area contributed by atoms with E-state index in [2.05, 4.69) is 38.0 Å². The molecule has 0 N–H and O–H groups in total. The molecule has 90 valence electrons. The van der Waals surface area contributed by atoms with Gasteiger partial charge in [0.15, 0.2) is 0 Å². The van der Waals surface area contributed by atoms with Crippen molar-refractivity contribution >= 4 is 8.07 Å². The van der Waals surface area contributed by atoms with Crippen molar-refractivity contribution in [3.63, 3.8) is 0 Å². The Hall–Kier alpha value is -0.603. The first-order valence-electron chi connectivity index (χ1n) is 6.23. The summed E-state index contributed by atoms with van der Waals surface area (Å²) < 4.78 is 6.02. The van der Waals surface area contributed by atoms with E-state index >= 15 is 0 Å². The van der Waals surface area contributed by atoms with E-state index in [0.717, 1.165) is 24.7 Å². The Balaban J connectivity index is 2.82. The topological polar surface area (TPSA) is 9.23 Å². The Morgan fingerprint density at radius 2 is 1.56 bits per heavy atom. The molecule has 16 heavy (non-hydrogen) atoms. The van der Waals surface area contributed by atoms with E-state index in [4.69, 9.17) is 4.74 Å². The SMILES string of the molecule is C=CC[Si](CC=C)(CC=C)C1CCCCO1. The second-order valence-corrected chi connectivity index (χ2v) is 9.29. The summed E-state index contributed by atoms with van der Waals surface area (Å²) in [5.41, 5.74) is 0.482. The molecule has 1 heterocycles. The molecule has 1 nitrogen and oxygen atoms in total. The van der Waals surface area contributed by atoms with Crippen molar-refractivity contribution in [2.75, 3.05) is 6.61 Å². The summed E-state index contributed by atoms with van der Waals surface area (Å²) in [5, 5.41) is 0. The van der Waals surface area contributed by atoms with Crippen molar-refractivity contribution in [3.8, 4) is 0 Å². The third kappa shape index (κ3) is 3.19. The lowest BCUT2D eigenvalue weighted by Crippen LogP contribution is -2.49. The zero-order chi connectivity index (χ0) is 11.9. The lowest BCUT2D eigenvalue weighted by molar-refractivity contribution is 0.0592. The fourth-order valence-electron chi connectivity index (χ4n) is 2.73. The normalized spacial score (nSPS) is 21.4. The van der Waals surface area contributed by atoms with Crippen molar-refractivity contribution in [3.05, 3.63) is 38.0 Å². The summed E-state index contributed by atoms with van der Waals surface area (Å²) in [5.74, 6) is 0. The quantitative estimate of drug-likeness (QED) is 0.477. The van der Waals surface area contributed by atoms with Crippen LogP contribution in [0, 0.1) is 0 Å². The Labute approximate surface area is 101 Å². The number of hydrogen-bond donors (Lipinski definition) is 0. The third-order valence-electron chi connectivity index (χ3n) is 3.52. The van der Waals surface area contributed by atoms with E-state index in [-0.39, 0.29) is 0 Å². The van der Waals surface area contributed by atoms with E-state index in [0.29, 0.717) is 5.73 Å². The van der Waals surface area contributed by atoms with Gasteiger partial charge in [-0.2, -0.15) is 0 Å². The Kier molecular flexibility index (Phi) is 5.78. The maximum atomic E-state index is 6.02. The van der Waals surface area contributed by atoms with Crippen LogP contribution in [0.15, 0.2) is 38.0 Å². The van der Waals surface area contributed by atoms with Gasteiger partial charge in [-0.25, -0.2) is 0 Å². The standard InChI is InChI=1S/C14H24OSi/c1-4-11-16(12-5-2,13-6-3)14-9-7-8-10-15-14/h4-6,14H,1-3,7-13H2. The van der Waals surface area contributed by atoms with Crippen LogP contribution < -0.4 is 0 Å². The average Bonchev–Trinajstić information content (AvgIpc) is 2.31. The fourth-order valence-corrected chi connectivity index (χ4v) is 7.03. The minimum absolute atomic E-state index is 0.482. The zero-order valence-electron chi connectivity index (χ0n) is 10.3. The average molecular weight is 236 g/mol. The zero-order valence-corrected chi connectivity index (χ0v) is 11.3. The van der Waals surface area contributed by atoms with Crippen molar-refractivity contribution in [2.45, 2.75) is 43.1 Å². The van der Waals surface area contributed by atoms with Crippen LogP contribution in [0.4, 0.5) is 0 Å². The molecule has 0 aromatic rings. The largest absolute Gasteiger partial charge is 0.382 e.